The molecule has 1 fully saturated rings. The first kappa shape index (κ1) is 24.0. The van der Waals surface area contributed by atoms with E-state index in [-0.39, 0.29) is 43.1 Å². The molecule has 34 heavy (non-hydrogen) atoms. The molecule has 4 rings (SSSR count). The molecule has 1 saturated heterocycles. The maximum atomic E-state index is 12.7. The fourth-order valence-electron chi connectivity index (χ4n) is 4.88. The van der Waals surface area contributed by atoms with Crippen molar-refractivity contribution >= 4 is 17.6 Å². The molecular weight excluding hydrogens is 428 g/mol. The van der Waals surface area contributed by atoms with Crippen LogP contribution in [0.2, 0.25) is 0 Å². The lowest BCUT2D eigenvalue weighted by Gasteiger charge is -2.21. The first-order valence-corrected chi connectivity index (χ1v) is 12.5. The third kappa shape index (κ3) is 5.85. The maximum absolute atomic E-state index is 12.7. The summed E-state index contributed by atoms with van der Waals surface area (Å²) in [6, 6.07) is 13.2. The van der Waals surface area contributed by atoms with E-state index < -0.39 is 0 Å². The van der Waals surface area contributed by atoms with Gasteiger partial charge in [-0.15, -0.1) is 0 Å². The quantitative estimate of drug-likeness (QED) is 0.531. The van der Waals surface area contributed by atoms with Crippen LogP contribution in [0.15, 0.2) is 42.5 Å². The summed E-state index contributed by atoms with van der Waals surface area (Å²) in [5, 5.41) is 3.05. The number of ether oxygens (including phenoxy) is 1. The predicted octanol–water partition coefficient (Wildman–Crippen LogP) is 4.41. The van der Waals surface area contributed by atoms with Gasteiger partial charge in [-0.25, -0.2) is 0 Å². The Morgan fingerprint density at radius 3 is 2.53 bits per heavy atom. The summed E-state index contributed by atoms with van der Waals surface area (Å²) in [6.45, 7) is 3.58. The standard InChI is InChI=1S/C28H34N2O4/c1-2-24(23-10-3-4-11-26(23)34-19-28(33)30-16-5-6-17-30)29-27(32)15-14-25(31)22-13-12-20-8-7-9-21(20)18-22/h3-4,10-13,18,24H,2,5-9,14-17,19H2,1H3,(H,29,32). The van der Waals surface area contributed by atoms with Crippen LogP contribution >= 0.6 is 0 Å². The van der Waals surface area contributed by atoms with E-state index in [1.807, 2.05) is 54.3 Å². The highest BCUT2D eigenvalue weighted by molar-refractivity contribution is 5.98. The minimum absolute atomic E-state index is 0.00190. The van der Waals surface area contributed by atoms with Gasteiger partial charge in [0.25, 0.3) is 5.91 Å². The summed E-state index contributed by atoms with van der Waals surface area (Å²) in [4.78, 5) is 39.6. The summed E-state index contributed by atoms with van der Waals surface area (Å²) in [5.41, 5.74) is 4.14. The van der Waals surface area contributed by atoms with Gasteiger partial charge in [0, 0.05) is 37.1 Å². The van der Waals surface area contributed by atoms with E-state index in [2.05, 4.69) is 5.32 Å². The lowest BCUT2D eigenvalue weighted by atomic mass is 10.0. The average Bonchev–Trinajstić information content (AvgIpc) is 3.56. The van der Waals surface area contributed by atoms with E-state index in [4.69, 9.17) is 4.74 Å². The van der Waals surface area contributed by atoms with Crippen molar-refractivity contribution in [2.75, 3.05) is 19.7 Å². The molecule has 2 aromatic carbocycles. The van der Waals surface area contributed by atoms with Crippen LogP contribution < -0.4 is 10.1 Å². The smallest absolute Gasteiger partial charge is 0.260 e. The molecule has 1 aliphatic heterocycles. The average molecular weight is 463 g/mol. The molecular formula is C28H34N2O4. The molecule has 2 aliphatic rings. The molecule has 0 aromatic heterocycles. The zero-order valence-electron chi connectivity index (χ0n) is 20.0. The monoisotopic (exact) mass is 462 g/mol. The van der Waals surface area contributed by atoms with Gasteiger partial charge in [-0.3, -0.25) is 14.4 Å². The number of amides is 2. The van der Waals surface area contributed by atoms with Crippen LogP contribution in [0.1, 0.15) is 78.5 Å². The summed E-state index contributed by atoms with van der Waals surface area (Å²) < 4.78 is 5.87. The molecule has 0 spiro atoms. The van der Waals surface area contributed by atoms with Crippen molar-refractivity contribution in [2.24, 2.45) is 0 Å². The lowest BCUT2D eigenvalue weighted by molar-refractivity contribution is -0.132. The Hall–Kier alpha value is -3.15. The fourth-order valence-corrected chi connectivity index (χ4v) is 4.88. The molecule has 6 nitrogen and oxygen atoms in total. The number of rotatable bonds is 10. The Kier molecular flexibility index (Phi) is 7.99. The third-order valence-electron chi connectivity index (χ3n) is 6.85. The van der Waals surface area contributed by atoms with Crippen LogP contribution in [0.5, 0.6) is 5.75 Å². The molecule has 1 heterocycles. The van der Waals surface area contributed by atoms with Gasteiger partial charge in [-0.2, -0.15) is 0 Å². The highest BCUT2D eigenvalue weighted by atomic mass is 16.5. The van der Waals surface area contributed by atoms with E-state index in [9.17, 15) is 14.4 Å². The lowest BCUT2D eigenvalue weighted by Crippen LogP contribution is -2.32. The molecule has 0 saturated carbocycles. The molecule has 0 bridgehead atoms. The van der Waals surface area contributed by atoms with Crippen molar-refractivity contribution in [2.45, 2.75) is 64.3 Å². The molecule has 2 amide bonds. The number of nitrogens with one attached hydrogen (secondary N) is 1. The van der Waals surface area contributed by atoms with E-state index in [1.54, 1.807) is 0 Å². The molecule has 180 valence electrons. The zero-order valence-corrected chi connectivity index (χ0v) is 20.0. The van der Waals surface area contributed by atoms with Gasteiger partial charge in [0.05, 0.1) is 6.04 Å². The number of nitrogens with zero attached hydrogens (tertiary/aromatic N) is 1. The number of aryl methyl sites for hydroxylation is 2. The zero-order chi connectivity index (χ0) is 23.9. The summed E-state index contributed by atoms with van der Waals surface area (Å²) in [6.07, 6.45) is 6.34. The van der Waals surface area contributed by atoms with Crippen molar-refractivity contribution in [3.05, 3.63) is 64.7 Å². The van der Waals surface area contributed by atoms with Crippen molar-refractivity contribution in [3.8, 4) is 5.75 Å². The summed E-state index contributed by atoms with van der Waals surface area (Å²) in [5.74, 6) is 0.442. The van der Waals surface area contributed by atoms with Crippen LogP contribution in [0.4, 0.5) is 0 Å². The normalized spacial score (nSPS) is 15.6. The van der Waals surface area contributed by atoms with Gasteiger partial charge in [0.1, 0.15) is 5.75 Å². The molecule has 1 N–H and O–H groups in total. The Bertz CT molecular complexity index is 1040. The molecule has 0 radical (unpaired) electrons. The number of fused-ring (bicyclic) bond motifs is 1. The van der Waals surface area contributed by atoms with E-state index in [0.29, 0.717) is 17.7 Å². The van der Waals surface area contributed by atoms with Crippen LogP contribution in [0.25, 0.3) is 0 Å². The topological polar surface area (TPSA) is 75.7 Å². The number of likely N-dealkylation sites (tertiary alicyclic amines) is 1. The van der Waals surface area contributed by atoms with Crippen molar-refractivity contribution < 1.29 is 19.1 Å². The largest absolute Gasteiger partial charge is 0.483 e. The van der Waals surface area contributed by atoms with Crippen LogP contribution in [-0.2, 0) is 22.4 Å². The number of carbonyl (C=O) groups is 3. The van der Waals surface area contributed by atoms with Crippen LogP contribution in [0, 0.1) is 0 Å². The number of ketones is 1. The SMILES string of the molecule is CCC(NC(=O)CCC(=O)c1ccc2c(c1)CCC2)c1ccccc1OCC(=O)N1CCCC1. The number of hydrogen-bond acceptors (Lipinski definition) is 4. The summed E-state index contributed by atoms with van der Waals surface area (Å²) >= 11 is 0. The Morgan fingerprint density at radius 1 is 0.971 bits per heavy atom. The van der Waals surface area contributed by atoms with Crippen molar-refractivity contribution in [3.63, 3.8) is 0 Å². The van der Waals surface area contributed by atoms with E-state index in [1.165, 1.54) is 11.1 Å². The second-order valence-electron chi connectivity index (χ2n) is 9.20. The fraction of sp³-hybridized carbons (Fsp3) is 0.464. The van der Waals surface area contributed by atoms with E-state index in [0.717, 1.165) is 50.8 Å². The highest BCUT2D eigenvalue weighted by Crippen LogP contribution is 2.28. The van der Waals surface area contributed by atoms with E-state index >= 15 is 0 Å². The van der Waals surface area contributed by atoms with Crippen LogP contribution in [-0.4, -0.2) is 42.2 Å². The van der Waals surface area contributed by atoms with Gasteiger partial charge in [0.15, 0.2) is 12.4 Å². The van der Waals surface area contributed by atoms with Gasteiger partial charge >= 0.3 is 0 Å². The van der Waals surface area contributed by atoms with Gasteiger partial charge < -0.3 is 15.0 Å². The summed E-state index contributed by atoms with van der Waals surface area (Å²) in [7, 11) is 0. The Labute approximate surface area is 201 Å². The Balaban J connectivity index is 1.32. The number of carbonyl (C=O) groups excluding carboxylic acids is 3. The van der Waals surface area contributed by atoms with Crippen LogP contribution in [0.3, 0.4) is 0 Å². The first-order chi connectivity index (χ1) is 16.5. The molecule has 1 atom stereocenters. The van der Waals surface area contributed by atoms with Crippen molar-refractivity contribution in [1.82, 2.24) is 10.2 Å². The molecule has 6 heteroatoms. The highest BCUT2D eigenvalue weighted by Gasteiger charge is 2.21. The first-order valence-electron chi connectivity index (χ1n) is 12.5. The minimum Gasteiger partial charge on any atom is -0.483 e. The second kappa shape index (κ2) is 11.3. The number of hydrogen-bond donors (Lipinski definition) is 1. The number of benzene rings is 2. The minimum atomic E-state index is -0.249. The molecule has 1 unspecified atom stereocenters. The molecule has 2 aromatic rings. The predicted molar refractivity (Wildman–Crippen MR) is 131 cm³/mol. The van der Waals surface area contributed by atoms with Gasteiger partial charge in [-0.05, 0) is 61.8 Å². The number of Topliss-reactive ketones (excluding diaryl/α,β-unsaturated/α-hetero) is 1. The molecule has 1 aliphatic carbocycles. The second-order valence-corrected chi connectivity index (χ2v) is 9.20. The maximum Gasteiger partial charge on any atom is 0.260 e. The van der Waals surface area contributed by atoms with Gasteiger partial charge in [0.2, 0.25) is 5.91 Å². The number of para-hydroxylation sites is 1. The van der Waals surface area contributed by atoms with Gasteiger partial charge in [-0.1, -0.05) is 37.3 Å². The Morgan fingerprint density at radius 2 is 1.74 bits per heavy atom. The third-order valence-corrected chi connectivity index (χ3v) is 6.85. The van der Waals surface area contributed by atoms with Crippen molar-refractivity contribution in [1.29, 1.82) is 0 Å².